The molecule has 0 bridgehead atoms. The third-order valence-electron chi connectivity index (χ3n) is 5.81. The molecule has 4 aromatic rings. The number of furan rings is 1. The number of aryl methyl sites for hydroxylation is 3. The fraction of sp³-hybridized carbons (Fsp3) is 0.200. The minimum atomic E-state index is -0.570. The van der Waals surface area contributed by atoms with Crippen molar-refractivity contribution < 1.29 is 9.21 Å². The Kier molecular flexibility index (Phi) is 5.05. The zero-order valence-corrected chi connectivity index (χ0v) is 18.9. The number of hydrogen-bond donors (Lipinski definition) is 2. The van der Waals surface area contributed by atoms with Crippen LogP contribution in [0, 0.1) is 20.8 Å². The number of anilines is 2. The summed E-state index contributed by atoms with van der Waals surface area (Å²) in [5.74, 6) is 2.24. The summed E-state index contributed by atoms with van der Waals surface area (Å²) in [5, 5.41) is 11.0. The second kappa shape index (κ2) is 8.05. The maximum Gasteiger partial charge on any atom is 0.256 e. The standard InChI is InChI=1S/C25H24N6O2/c1-14-7-9-18(12-15(14)2)23-29-25-27-17(4)21(24(32)28-19-6-5-11-26-13-19)22(31(25)30-23)20-10-8-16(3)33-20/h5-13,22H,1-4H3,(H,28,32)(H,27,29,30). The molecule has 3 aromatic heterocycles. The van der Waals surface area contributed by atoms with E-state index in [0.29, 0.717) is 34.5 Å². The van der Waals surface area contributed by atoms with Crippen LogP contribution in [0.25, 0.3) is 11.4 Å². The van der Waals surface area contributed by atoms with Crippen LogP contribution in [-0.2, 0) is 4.79 Å². The van der Waals surface area contributed by atoms with E-state index in [4.69, 9.17) is 14.5 Å². The number of benzene rings is 1. The minimum Gasteiger partial charge on any atom is -0.464 e. The quantitative estimate of drug-likeness (QED) is 0.474. The highest BCUT2D eigenvalue weighted by Crippen LogP contribution is 2.37. The first-order valence-corrected chi connectivity index (χ1v) is 10.7. The molecule has 8 heteroatoms. The van der Waals surface area contributed by atoms with Crippen LogP contribution in [0.5, 0.6) is 0 Å². The van der Waals surface area contributed by atoms with Crippen molar-refractivity contribution in [2.24, 2.45) is 0 Å². The predicted octanol–water partition coefficient (Wildman–Crippen LogP) is 4.79. The van der Waals surface area contributed by atoms with Gasteiger partial charge in [0.25, 0.3) is 5.91 Å². The SMILES string of the molecule is CC1=C(C(=O)Nc2cccnc2)C(c2ccc(C)o2)n2nc(-c3ccc(C)c(C)c3)nc2N1. The summed E-state index contributed by atoms with van der Waals surface area (Å²) in [5.41, 5.74) is 5.07. The molecule has 0 spiro atoms. The molecule has 1 aromatic carbocycles. The van der Waals surface area contributed by atoms with Gasteiger partial charge in [-0.15, -0.1) is 5.10 Å². The number of aromatic nitrogens is 4. The molecule has 166 valence electrons. The lowest BCUT2D eigenvalue weighted by Crippen LogP contribution is -2.31. The number of nitrogens with zero attached hydrogens (tertiary/aromatic N) is 4. The van der Waals surface area contributed by atoms with Gasteiger partial charge < -0.3 is 15.1 Å². The normalized spacial score (nSPS) is 15.2. The average Bonchev–Trinajstić information content (AvgIpc) is 3.41. The third kappa shape index (κ3) is 3.80. The Morgan fingerprint density at radius 3 is 2.64 bits per heavy atom. The van der Waals surface area contributed by atoms with E-state index in [0.717, 1.165) is 16.9 Å². The average molecular weight is 441 g/mol. The molecule has 1 atom stereocenters. The zero-order valence-electron chi connectivity index (χ0n) is 18.9. The van der Waals surface area contributed by atoms with Crippen LogP contribution >= 0.6 is 0 Å². The Labute approximate surface area is 191 Å². The van der Waals surface area contributed by atoms with Gasteiger partial charge in [-0.3, -0.25) is 9.78 Å². The topological polar surface area (TPSA) is 97.9 Å². The second-order valence-corrected chi connectivity index (χ2v) is 8.21. The summed E-state index contributed by atoms with van der Waals surface area (Å²) in [7, 11) is 0. The molecule has 2 N–H and O–H groups in total. The van der Waals surface area contributed by atoms with E-state index in [1.165, 1.54) is 5.56 Å². The van der Waals surface area contributed by atoms with Crippen LogP contribution in [0.4, 0.5) is 11.6 Å². The van der Waals surface area contributed by atoms with E-state index in [1.54, 1.807) is 29.2 Å². The fourth-order valence-electron chi connectivity index (χ4n) is 3.95. The minimum absolute atomic E-state index is 0.263. The summed E-state index contributed by atoms with van der Waals surface area (Å²) in [6, 6.07) is 12.9. The lowest BCUT2D eigenvalue weighted by molar-refractivity contribution is -0.113. The molecule has 1 amide bonds. The molecular weight excluding hydrogens is 416 g/mol. The van der Waals surface area contributed by atoms with Crippen molar-refractivity contribution in [1.29, 1.82) is 0 Å². The Balaban J connectivity index is 1.59. The van der Waals surface area contributed by atoms with Crippen molar-refractivity contribution in [2.45, 2.75) is 33.7 Å². The van der Waals surface area contributed by atoms with Crippen molar-refractivity contribution in [2.75, 3.05) is 10.6 Å². The Bertz CT molecular complexity index is 1380. The number of amides is 1. The number of rotatable bonds is 4. The molecule has 8 nitrogen and oxygen atoms in total. The molecule has 0 saturated heterocycles. The van der Waals surface area contributed by atoms with E-state index in [2.05, 4.69) is 41.6 Å². The maximum absolute atomic E-state index is 13.4. The highest BCUT2D eigenvalue weighted by Gasteiger charge is 2.36. The van der Waals surface area contributed by atoms with Gasteiger partial charge in [-0.05, 0) is 69.2 Å². The van der Waals surface area contributed by atoms with Crippen LogP contribution in [-0.4, -0.2) is 25.7 Å². The largest absolute Gasteiger partial charge is 0.464 e. The molecule has 1 unspecified atom stereocenters. The van der Waals surface area contributed by atoms with Gasteiger partial charge in [-0.1, -0.05) is 12.1 Å². The van der Waals surface area contributed by atoms with Gasteiger partial charge in [-0.2, -0.15) is 4.98 Å². The first-order valence-electron chi connectivity index (χ1n) is 10.7. The van der Waals surface area contributed by atoms with Gasteiger partial charge in [0.1, 0.15) is 17.6 Å². The van der Waals surface area contributed by atoms with E-state index in [9.17, 15) is 4.79 Å². The van der Waals surface area contributed by atoms with Gasteiger partial charge in [0, 0.05) is 17.5 Å². The Hall–Kier alpha value is -4.20. The number of fused-ring (bicyclic) bond motifs is 1. The first-order chi connectivity index (χ1) is 15.9. The maximum atomic E-state index is 13.4. The lowest BCUT2D eigenvalue weighted by Gasteiger charge is -2.27. The Morgan fingerprint density at radius 2 is 1.94 bits per heavy atom. The molecular formula is C25H24N6O2. The molecule has 0 fully saturated rings. The van der Waals surface area contributed by atoms with E-state index in [1.807, 2.05) is 32.0 Å². The molecule has 1 aliphatic heterocycles. The monoisotopic (exact) mass is 440 g/mol. The fourth-order valence-corrected chi connectivity index (χ4v) is 3.95. The lowest BCUT2D eigenvalue weighted by atomic mass is 10.00. The molecule has 5 rings (SSSR count). The van der Waals surface area contributed by atoms with Crippen LogP contribution in [0.1, 0.15) is 35.6 Å². The van der Waals surface area contributed by atoms with Crippen LogP contribution in [0.2, 0.25) is 0 Å². The summed E-state index contributed by atoms with van der Waals surface area (Å²) in [6.07, 6.45) is 3.27. The highest BCUT2D eigenvalue weighted by molar-refractivity contribution is 6.05. The number of carbonyl (C=O) groups is 1. The summed E-state index contributed by atoms with van der Waals surface area (Å²) in [4.78, 5) is 22.2. The van der Waals surface area contributed by atoms with Gasteiger partial charge in [-0.25, -0.2) is 4.68 Å². The van der Waals surface area contributed by atoms with Gasteiger partial charge in [0.15, 0.2) is 5.82 Å². The first kappa shape index (κ1) is 20.7. The molecule has 4 heterocycles. The van der Waals surface area contributed by atoms with Crippen molar-refractivity contribution in [1.82, 2.24) is 19.7 Å². The summed E-state index contributed by atoms with van der Waals surface area (Å²) in [6.45, 7) is 7.87. The predicted molar refractivity (Wildman–Crippen MR) is 126 cm³/mol. The summed E-state index contributed by atoms with van der Waals surface area (Å²) < 4.78 is 7.68. The number of carbonyl (C=O) groups excluding carboxylic acids is 1. The zero-order chi connectivity index (χ0) is 23.1. The number of pyridine rings is 1. The molecule has 0 radical (unpaired) electrons. The molecule has 0 aliphatic carbocycles. The number of allylic oxidation sites excluding steroid dienone is 1. The molecule has 33 heavy (non-hydrogen) atoms. The second-order valence-electron chi connectivity index (χ2n) is 8.21. The molecule has 0 saturated carbocycles. The van der Waals surface area contributed by atoms with Crippen LogP contribution in [0.15, 0.2) is 70.5 Å². The Morgan fingerprint density at radius 1 is 1.09 bits per heavy atom. The summed E-state index contributed by atoms with van der Waals surface area (Å²) >= 11 is 0. The van der Waals surface area contributed by atoms with Gasteiger partial charge in [0.05, 0.1) is 17.5 Å². The van der Waals surface area contributed by atoms with Crippen molar-refractivity contribution in [3.05, 3.63) is 88.8 Å². The third-order valence-corrected chi connectivity index (χ3v) is 5.81. The van der Waals surface area contributed by atoms with E-state index in [-0.39, 0.29) is 5.91 Å². The van der Waals surface area contributed by atoms with E-state index >= 15 is 0 Å². The van der Waals surface area contributed by atoms with Crippen LogP contribution in [0.3, 0.4) is 0 Å². The van der Waals surface area contributed by atoms with Crippen molar-refractivity contribution >= 4 is 17.5 Å². The number of hydrogen-bond acceptors (Lipinski definition) is 6. The highest BCUT2D eigenvalue weighted by atomic mass is 16.3. The molecule has 1 aliphatic rings. The van der Waals surface area contributed by atoms with Crippen molar-refractivity contribution in [3.8, 4) is 11.4 Å². The number of nitrogens with one attached hydrogen (secondary N) is 2. The van der Waals surface area contributed by atoms with E-state index < -0.39 is 6.04 Å². The van der Waals surface area contributed by atoms with Crippen molar-refractivity contribution in [3.63, 3.8) is 0 Å². The van der Waals surface area contributed by atoms with Gasteiger partial charge >= 0.3 is 0 Å². The van der Waals surface area contributed by atoms with Crippen LogP contribution < -0.4 is 10.6 Å². The smallest absolute Gasteiger partial charge is 0.256 e. The van der Waals surface area contributed by atoms with Gasteiger partial charge in [0.2, 0.25) is 5.95 Å².